The van der Waals surface area contributed by atoms with Crippen molar-refractivity contribution in [1.82, 2.24) is 0 Å². The van der Waals surface area contributed by atoms with Gasteiger partial charge in [-0.15, -0.1) is 0 Å². The molecule has 0 saturated carbocycles. The van der Waals surface area contributed by atoms with Gasteiger partial charge in [0.25, 0.3) is 0 Å². The highest BCUT2D eigenvalue weighted by Crippen LogP contribution is 2.44. The van der Waals surface area contributed by atoms with E-state index in [1.807, 2.05) is 43.3 Å². The van der Waals surface area contributed by atoms with Gasteiger partial charge in [0.1, 0.15) is 34.5 Å². The second-order valence-corrected chi connectivity index (χ2v) is 10.3. The minimum absolute atomic E-state index is 0.0112. The number of rotatable bonds is 8. The van der Waals surface area contributed by atoms with Gasteiger partial charge in [0.2, 0.25) is 11.6 Å². The van der Waals surface area contributed by atoms with Crippen LogP contribution < -0.4 is 19.9 Å². The summed E-state index contributed by atoms with van der Waals surface area (Å²) in [5.74, 6) is 0.527. The minimum Gasteiger partial charge on any atom is -0.494 e. The molecule has 7 nitrogen and oxygen atoms in total. The van der Waals surface area contributed by atoms with Gasteiger partial charge in [-0.05, 0) is 55.3 Å². The molecule has 0 aliphatic carbocycles. The fourth-order valence-electron chi connectivity index (χ4n) is 4.68. The van der Waals surface area contributed by atoms with Crippen molar-refractivity contribution in [2.24, 2.45) is 5.73 Å². The predicted molar refractivity (Wildman–Crippen MR) is 151 cm³/mol. The van der Waals surface area contributed by atoms with E-state index in [2.05, 4.69) is 28.9 Å². The third kappa shape index (κ3) is 5.36. The summed E-state index contributed by atoms with van der Waals surface area (Å²) in [6, 6.07) is 20.4. The zero-order valence-electron chi connectivity index (χ0n) is 21.6. The van der Waals surface area contributed by atoms with Gasteiger partial charge in [0, 0.05) is 27.1 Å². The molecule has 0 fully saturated rings. The van der Waals surface area contributed by atoms with Crippen molar-refractivity contribution in [3.63, 3.8) is 0 Å². The number of aryl methyl sites for hydroxylation is 1. The second kappa shape index (κ2) is 11.3. The van der Waals surface area contributed by atoms with E-state index in [1.165, 1.54) is 0 Å². The molecule has 4 aromatic rings. The van der Waals surface area contributed by atoms with Crippen LogP contribution in [0.5, 0.6) is 17.2 Å². The third-order valence-corrected chi connectivity index (χ3v) is 7.21. The van der Waals surface area contributed by atoms with E-state index in [0.717, 1.165) is 46.0 Å². The molecule has 198 valence electrons. The molecule has 2 heterocycles. The van der Waals surface area contributed by atoms with Crippen LogP contribution in [0.4, 0.5) is 0 Å². The molecule has 1 aliphatic rings. The topological polar surface area (TPSA) is 108 Å². The largest absolute Gasteiger partial charge is 0.494 e. The lowest BCUT2D eigenvalue weighted by atomic mass is 9.83. The summed E-state index contributed by atoms with van der Waals surface area (Å²) in [5.41, 5.74) is 9.36. The maximum absolute atomic E-state index is 13.0. The number of hydrogen-bond donors (Lipinski definition) is 1. The van der Waals surface area contributed by atoms with Crippen LogP contribution in [-0.4, -0.2) is 12.6 Å². The van der Waals surface area contributed by atoms with E-state index in [4.69, 9.17) is 24.4 Å². The second-order valence-electron chi connectivity index (χ2n) is 9.34. The molecule has 0 saturated heterocycles. The number of benzene rings is 3. The average molecular weight is 587 g/mol. The van der Waals surface area contributed by atoms with Crippen LogP contribution in [0.3, 0.4) is 0 Å². The number of nitrogens with zero attached hydrogens (tertiary/aromatic N) is 1. The lowest BCUT2D eigenvalue weighted by Crippen LogP contribution is -2.21. The van der Waals surface area contributed by atoms with Crippen molar-refractivity contribution in [2.45, 2.75) is 39.0 Å². The van der Waals surface area contributed by atoms with Crippen LogP contribution >= 0.6 is 15.9 Å². The predicted octanol–water partition coefficient (Wildman–Crippen LogP) is 7.51. The Morgan fingerprint density at radius 2 is 1.85 bits per heavy atom. The zero-order valence-corrected chi connectivity index (χ0v) is 23.2. The van der Waals surface area contributed by atoms with E-state index in [9.17, 15) is 10.1 Å². The Morgan fingerprint density at radius 3 is 2.59 bits per heavy atom. The van der Waals surface area contributed by atoms with Gasteiger partial charge < -0.3 is 24.4 Å². The SMILES string of the molecule is CCCCCOc1ccc(C2C(C#N)=C(N)Oc3cc(OC(=O)c4oc5ccc(Br)cc5c4C)ccc32)cc1. The Labute approximate surface area is 234 Å². The fraction of sp³-hybridized carbons (Fsp3) is 0.226. The minimum atomic E-state index is -0.622. The van der Waals surface area contributed by atoms with Crippen LogP contribution in [0.15, 0.2) is 81.0 Å². The van der Waals surface area contributed by atoms with E-state index in [0.29, 0.717) is 29.1 Å². The van der Waals surface area contributed by atoms with E-state index >= 15 is 0 Å². The molecule has 5 rings (SSSR count). The number of ether oxygens (including phenoxy) is 3. The third-order valence-electron chi connectivity index (χ3n) is 6.71. The van der Waals surface area contributed by atoms with E-state index in [1.54, 1.807) is 24.3 Å². The molecule has 1 atom stereocenters. The molecule has 3 aromatic carbocycles. The van der Waals surface area contributed by atoms with Crippen molar-refractivity contribution >= 4 is 32.9 Å². The van der Waals surface area contributed by atoms with Gasteiger partial charge in [0.15, 0.2) is 0 Å². The standard InChI is InChI=1S/C31H27BrN2O5/c1-3-4-5-14-36-21-9-6-19(7-10-21)28-23-12-11-22(16-27(23)39-30(34)25(28)17-33)37-31(35)29-18(2)24-15-20(32)8-13-26(24)38-29/h6-13,15-16,28H,3-5,14,34H2,1-2H3. The number of allylic oxidation sites excluding steroid dienone is 1. The van der Waals surface area contributed by atoms with Crippen molar-refractivity contribution < 1.29 is 23.4 Å². The molecule has 8 heteroatoms. The molecular weight excluding hydrogens is 560 g/mol. The number of nitrogens with two attached hydrogens (primary N) is 1. The summed E-state index contributed by atoms with van der Waals surface area (Å²) in [7, 11) is 0. The first-order valence-corrected chi connectivity index (χ1v) is 13.5. The van der Waals surface area contributed by atoms with E-state index < -0.39 is 11.9 Å². The fourth-order valence-corrected chi connectivity index (χ4v) is 5.04. The highest BCUT2D eigenvalue weighted by atomic mass is 79.9. The van der Waals surface area contributed by atoms with Crippen LogP contribution in [0.2, 0.25) is 0 Å². The Morgan fingerprint density at radius 1 is 1.08 bits per heavy atom. The molecule has 0 bridgehead atoms. The first-order valence-electron chi connectivity index (χ1n) is 12.7. The maximum Gasteiger partial charge on any atom is 0.379 e. The Kier molecular flexibility index (Phi) is 7.62. The van der Waals surface area contributed by atoms with Gasteiger partial charge in [-0.2, -0.15) is 5.26 Å². The molecule has 0 radical (unpaired) electrons. The lowest BCUT2D eigenvalue weighted by molar-refractivity contribution is 0.0702. The van der Waals surface area contributed by atoms with Gasteiger partial charge >= 0.3 is 5.97 Å². The van der Waals surface area contributed by atoms with Gasteiger partial charge in [-0.1, -0.05) is 53.9 Å². The van der Waals surface area contributed by atoms with Crippen LogP contribution in [-0.2, 0) is 0 Å². The van der Waals surface area contributed by atoms with E-state index in [-0.39, 0.29) is 17.4 Å². The number of esters is 1. The number of furan rings is 1. The summed E-state index contributed by atoms with van der Waals surface area (Å²) in [4.78, 5) is 13.0. The monoisotopic (exact) mass is 586 g/mol. The first kappa shape index (κ1) is 26.4. The van der Waals surface area contributed by atoms with Gasteiger partial charge in [-0.25, -0.2) is 4.79 Å². The Hall–Kier alpha value is -4.22. The van der Waals surface area contributed by atoms with Crippen LogP contribution in [0, 0.1) is 18.3 Å². The Balaban J connectivity index is 1.40. The molecule has 1 aliphatic heterocycles. The number of carbonyl (C=O) groups excluding carboxylic acids is 1. The smallest absolute Gasteiger partial charge is 0.379 e. The number of fused-ring (bicyclic) bond motifs is 2. The van der Waals surface area contributed by atoms with Crippen LogP contribution in [0.1, 0.15) is 59.3 Å². The van der Waals surface area contributed by atoms with Crippen molar-refractivity contribution in [1.29, 1.82) is 5.26 Å². The maximum atomic E-state index is 13.0. The van der Waals surface area contributed by atoms with Gasteiger partial charge in [-0.3, -0.25) is 0 Å². The summed E-state index contributed by atoms with van der Waals surface area (Å²) in [6.45, 7) is 4.63. The Bertz CT molecular complexity index is 1610. The summed E-state index contributed by atoms with van der Waals surface area (Å²) >= 11 is 3.44. The molecule has 0 amide bonds. The summed E-state index contributed by atoms with van der Waals surface area (Å²) < 4.78 is 23.9. The normalized spacial score (nSPS) is 14.5. The van der Waals surface area contributed by atoms with Crippen molar-refractivity contribution in [2.75, 3.05) is 6.61 Å². The molecule has 0 spiro atoms. The van der Waals surface area contributed by atoms with Crippen LogP contribution in [0.25, 0.3) is 11.0 Å². The van der Waals surface area contributed by atoms with Crippen molar-refractivity contribution in [3.05, 3.63) is 99.0 Å². The number of hydrogen-bond acceptors (Lipinski definition) is 7. The molecule has 39 heavy (non-hydrogen) atoms. The number of carbonyl (C=O) groups is 1. The number of halogens is 1. The number of nitriles is 1. The molecule has 1 unspecified atom stereocenters. The lowest BCUT2D eigenvalue weighted by Gasteiger charge is -2.26. The molecular formula is C31H27BrN2O5. The number of unbranched alkanes of at least 4 members (excludes halogenated alkanes) is 2. The first-order chi connectivity index (χ1) is 18.9. The highest BCUT2D eigenvalue weighted by molar-refractivity contribution is 9.10. The van der Waals surface area contributed by atoms with Crippen molar-refractivity contribution in [3.8, 4) is 23.3 Å². The highest BCUT2D eigenvalue weighted by Gasteiger charge is 2.31. The quantitative estimate of drug-likeness (QED) is 0.129. The summed E-state index contributed by atoms with van der Waals surface area (Å²) in [6.07, 6.45) is 3.26. The zero-order chi connectivity index (χ0) is 27.5. The van der Waals surface area contributed by atoms with Gasteiger partial charge in [0.05, 0.1) is 12.5 Å². The molecule has 1 aromatic heterocycles. The summed E-state index contributed by atoms with van der Waals surface area (Å²) in [5, 5.41) is 10.7. The molecule has 2 N–H and O–H groups in total. The average Bonchev–Trinajstić information content (AvgIpc) is 3.26.